The van der Waals surface area contributed by atoms with Crippen molar-refractivity contribution in [3.8, 4) is 0 Å². The van der Waals surface area contributed by atoms with Gasteiger partial charge in [0.2, 0.25) is 0 Å². The summed E-state index contributed by atoms with van der Waals surface area (Å²) in [6, 6.07) is 7.42. The van der Waals surface area contributed by atoms with Gasteiger partial charge in [-0.2, -0.15) is 13.2 Å². The van der Waals surface area contributed by atoms with Crippen LogP contribution in [0, 0.1) is 6.92 Å². The Hall–Kier alpha value is -1.40. The highest BCUT2D eigenvalue weighted by atomic mass is 32.1. The summed E-state index contributed by atoms with van der Waals surface area (Å²) in [4.78, 5) is 3.81. The van der Waals surface area contributed by atoms with E-state index >= 15 is 0 Å². The Kier molecular flexibility index (Phi) is 3.40. The molecule has 2 aromatic rings. The van der Waals surface area contributed by atoms with Gasteiger partial charge in [0.25, 0.3) is 0 Å². The van der Waals surface area contributed by atoms with Crippen molar-refractivity contribution in [3.05, 3.63) is 51.5 Å². The molecular weight excluding hydrogens is 273 g/mol. The Morgan fingerprint density at radius 3 is 2.47 bits per heavy atom. The second-order valence-electron chi connectivity index (χ2n) is 4.60. The monoisotopic (exact) mass is 286 g/mol. The summed E-state index contributed by atoms with van der Waals surface area (Å²) in [7, 11) is 0. The minimum atomic E-state index is -4.42. The van der Waals surface area contributed by atoms with Crippen molar-refractivity contribution < 1.29 is 13.2 Å². The van der Waals surface area contributed by atoms with Gasteiger partial charge in [-0.3, -0.25) is 0 Å². The smallest absolute Gasteiger partial charge is 0.317 e. The maximum absolute atomic E-state index is 12.6. The van der Waals surface area contributed by atoms with Crippen molar-refractivity contribution in [3.63, 3.8) is 0 Å². The van der Waals surface area contributed by atoms with Crippen molar-refractivity contribution in [1.82, 2.24) is 4.98 Å². The highest BCUT2D eigenvalue weighted by molar-refractivity contribution is 7.11. The molecule has 0 aliphatic carbocycles. The SMILES string of the molecule is Cc1cccc(C(C)(N)c2cnc(C(F)(F)F)s2)c1. The van der Waals surface area contributed by atoms with E-state index in [0.717, 1.165) is 11.1 Å². The van der Waals surface area contributed by atoms with E-state index in [1.807, 2.05) is 25.1 Å². The molecule has 1 heterocycles. The zero-order valence-electron chi connectivity index (χ0n) is 10.5. The fraction of sp³-hybridized carbons (Fsp3) is 0.308. The number of halogens is 3. The van der Waals surface area contributed by atoms with Gasteiger partial charge in [-0.1, -0.05) is 29.8 Å². The van der Waals surface area contributed by atoms with Crippen LogP contribution in [0.25, 0.3) is 0 Å². The van der Waals surface area contributed by atoms with E-state index in [1.54, 1.807) is 13.0 Å². The molecule has 2 rings (SSSR count). The number of aryl methyl sites for hydroxylation is 1. The normalized spacial score (nSPS) is 15.3. The van der Waals surface area contributed by atoms with E-state index in [4.69, 9.17) is 5.73 Å². The van der Waals surface area contributed by atoms with Gasteiger partial charge in [0.1, 0.15) is 0 Å². The molecule has 19 heavy (non-hydrogen) atoms. The summed E-state index contributed by atoms with van der Waals surface area (Å²) < 4.78 is 37.7. The predicted octanol–water partition coefficient (Wildman–Crippen LogP) is 3.69. The first kappa shape index (κ1) is 14.0. The van der Waals surface area contributed by atoms with Crippen LogP contribution in [0.15, 0.2) is 30.5 Å². The van der Waals surface area contributed by atoms with Crippen LogP contribution in [0.1, 0.15) is 27.9 Å². The molecule has 0 radical (unpaired) electrons. The third-order valence-corrected chi connectivity index (χ3v) is 4.16. The number of thiazole rings is 1. The molecule has 0 amide bonds. The zero-order chi connectivity index (χ0) is 14.3. The van der Waals surface area contributed by atoms with Gasteiger partial charge >= 0.3 is 6.18 Å². The topological polar surface area (TPSA) is 38.9 Å². The third kappa shape index (κ3) is 2.79. The molecule has 2 N–H and O–H groups in total. The van der Waals surface area contributed by atoms with Crippen LogP contribution in [0.2, 0.25) is 0 Å². The van der Waals surface area contributed by atoms with Gasteiger partial charge in [0, 0.05) is 11.1 Å². The largest absolute Gasteiger partial charge is 0.443 e. The van der Waals surface area contributed by atoms with Gasteiger partial charge in [-0.25, -0.2) is 4.98 Å². The van der Waals surface area contributed by atoms with E-state index < -0.39 is 16.7 Å². The highest BCUT2D eigenvalue weighted by Crippen LogP contribution is 2.37. The average Bonchev–Trinajstić information content (AvgIpc) is 2.78. The first-order valence-electron chi connectivity index (χ1n) is 5.61. The minimum Gasteiger partial charge on any atom is -0.317 e. The molecule has 1 unspecified atom stereocenters. The molecule has 1 aromatic carbocycles. The summed E-state index contributed by atoms with van der Waals surface area (Å²) in [5.41, 5.74) is 6.99. The minimum absolute atomic E-state index is 0.394. The van der Waals surface area contributed by atoms with Crippen LogP contribution < -0.4 is 5.73 Å². The Labute approximate surface area is 113 Å². The van der Waals surface area contributed by atoms with Crippen molar-refractivity contribution in [2.45, 2.75) is 25.6 Å². The molecule has 0 saturated carbocycles. The van der Waals surface area contributed by atoms with Crippen LogP contribution in [-0.2, 0) is 11.7 Å². The van der Waals surface area contributed by atoms with Gasteiger partial charge in [-0.15, -0.1) is 11.3 Å². The first-order chi connectivity index (χ1) is 8.71. The predicted molar refractivity (Wildman–Crippen MR) is 68.9 cm³/mol. The number of hydrogen-bond donors (Lipinski definition) is 1. The second-order valence-corrected chi connectivity index (χ2v) is 5.63. The Bertz CT molecular complexity index is 588. The van der Waals surface area contributed by atoms with Crippen LogP contribution >= 0.6 is 11.3 Å². The summed E-state index contributed by atoms with van der Waals surface area (Å²) in [6.45, 7) is 3.60. The molecule has 0 spiro atoms. The maximum atomic E-state index is 12.6. The lowest BCUT2D eigenvalue weighted by molar-refractivity contribution is -0.137. The lowest BCUT2D eigenvalue weighted by atomic mass is 9.91. The molecule has 0 aliphatic rings. The maximum Gasteiger partial charge on any atom is 0.443 e. The number of hydrogen-bond acceptors (Lipinski definition) is 3. The Morgan fingerprint density at radius 2 is 1.95 bits per heavy atom. The van der Waals surface area contributed by atoms with Crippen LogP contribution in [-0.4, -0.2) is 4.98 Å². The van der Waals surface area contributed by atoms with E-state index in [1.165, 1.54) is 6.20 Å². The van der Waals surface area contributed by atoms with Crippen LogP contribution in [0.3, 0.4) is 0 Å². The quantitative estimate of drug-likeness (QED) is 0.914. The number of nitrogens with two attached hydrogens (primary N) is 1. The average molecular weight is 286 g/mol. The van der Waals surface area contributed by atoms with E-state index in [0.29, 0.717) is 16.2 Å². The number of aromatic nitrogens is 1. The summed E-state index contributed by atoms with van der Waals surface area (Å²) >= 11 is 0.586. The molecule has 1 aromatic heterocycles. The lowest BCUT2D eigenvalue weighted by Crippen LogP contribution is -2.33. The summed E-state index contributed by atoms with van der Waals surface area (Å²) in [5, 5.41) is -0.869. The van der Waals surface area contributed by atoms with Crippen molar-refractivity contribution in [2.24, 2.45) is 5.73 Å². The van der Waals surface area contributed by atoms with Gasteiger partial charge in [-0.05, 0) is 19.4 Å². The number of alkyl halides is 3. The summed E-state index contributed by atoms with van der Waals surface area (Å²) in [6.07, 6.45) is -3.22. The molecule has 0 fully saturated rings. The van der Waals surface area contributed by atoms with Crippen molar-refractivity contribution >= 4 is 11.3 Å². The van der Waals surface area contributed by atoms with E-state index in [2.05, 4.69) is 4.98 Å². The van der Waals surface area contributed by atoms with Crippen molar-refractivity contribution in [1.29, 1.82) is 0 Å². The standard InChI is InChI=1S/C13H13F3N2S/c1-8-4-3-5-9(6-8)12(2,17)10-7-18-11(19-10)13(14,15)16/h3-7H,17H2,1-2H3. The van der Waals surface area contributed by atoms with Crippen molar-refractivity contribution in [2.75, 3.05) is 0 Å². The Balaban J connectivity index is 2.42. The molecular formula is C13H13F3N2S. The molecule has 102 valence electrons. The zero-order valence-corrected chi connectivity index (χ0v) is 11.3. The highest BCUT2D eigenvalue weighted by Gasteiger charge is 2.37. The van der Waals surface area contributed by atoms with E-state index in [-0.39, 0.29) is 0 Å². The molecule has 0 saturated heterocycles. The fourth-order valence-electron chi connectivity index (χ4n) is 1.76. The molecule has 1 atom stereocenters. The van der Waals surface area contributed by atoms with Crippen LogP contribution in [0.5, 0.6) is 0 Å². The van der Waals surface area contributed by atoms with Crippen LogP contribution in [0.4, 0.5) is 13.2 Å². The number of rotatable bonds is 2. The first-order valence-corrected chi connectivity index (χ1v) is 6.42. The molecule has 2 nitrogen and oxygen atoms in total. The van der Waals surface area contributed by atoms with Gasteiger partial charge < -0.3 is 5.73 Å². The van der Waals surface area contributed by atoms with Gasteiger partial charge in [0.15, 0.2) is 5.01 Å². The Morgan fingerprint density at radius 1 is 1.26 bits per heavy atom. The second kappa shape index (κ2) is 4.61. The molecule has 6 heteroatoms. The number of benzene rings is 1. The van der Waals surface area contributed by atoms with E-state index in [9.17, 15) is 13.2 Å². The molecule has 0 bridgehead atoms. The fourth-order valence-corrected chi connectivity index (χ4v) is 2.62. The lowest BCUT2D eigenvalue weighted by Gasteiger charge is -2.23. The number of nitrogens with zero attached hydrogens (tertiary/aromatic N) is 1. The summed E-state index contributed by atoms with van der Waals surface area (Å²) in [5.74, 6) is 0. The van der Waals surface area contributed by atoms with Gasteiger partial charge in [0.05, 0.1) is 5.54 Å². The molecule has 0 aliphatic heterocycles. The third-order valence-electron chi connectivity index (χ3n) is 2.88.